The van der Waals surface area contributed by atoms with Gasteiger partial charge in [0.25, 0.3) is 0 Å². The van der Waals surface area contributed by atoms with Crippen molar-refractivity contribution < 1.29 is 9.59 Å². The molecule has 0 bridgehead atoms. The fourth-order valence-corrected chi connectivity index (χ4v) is 5.58. The Labute approximate surface area is 144 Å². The van der Waals surface area contributed by atoms with Gasteiger partial charge in [-0.25, -0.2) is 0 Å². The summed E-state index contributed by atoms with van der Waals surface area (Å²) in [5.41, 5.74) is 0. The SMILES string of the molecule is C[Si](C)(O)c1cc2ccc3cc([Si](C)(C)O)cc4ccc(c1)c2c34. The highest BCUT2D eigenvalue weighted by atomic mass is 28.4. The van der Waals surface area contributed by atoms with Crippen LogP contribution >= 0.6 is 0 Å². The van der Waals surface area contributed by atoms with Gasteiger partial charge in [0.1, 0.15) is 0 Å². The lowest BCUT2D eigenvalue weighted by atomic mass is 9.94. The molecule has 0 saturated carbocycles. The van der Waals surface area contributed by atoms with Crippen molar-refractivity contribution >= 4 is 59.3 Å². The molecule has 0 radical (unpaired) electrons. The Morgan fingerprint density at radius 1 is 0.542 bits per heavy atom. The Hall–Kier alpha value is -1.73. The first-order chi connectivity index (χ1) is 11.1. The van der Waals surface area contributed by atoms with Gasteiger partial charge in [0, 0.05) is 0 Å². The number of rotatable bonds is 2. The molecule has 24 heavy (non-hydrogen) atoms. The fourth-order valence-electron chi connectivity index (χ4n) is 3.54. The molecule has 0 heterocycles. The minimum atomic E-state index is -2.34. The van der Waals surface area contributed by atoms with E-state index in [2.05, 4.69) is 48.5 Å². The van der Waals surface area contributed by atoms with Crippen LogP contribution in [-0.2, 0) is 0 Å². The monoisotopic (exact) mass is 350 g/mol. The van der Waals surface area contributed by atoms with Crippen LogP contribution in [0.4, 0.5) is 0 Å². The summed E-state index contributed by atoms with van der Waals surface area (Å²) < 4.78 is 0. The molecule has 2 nitrogen and oxygen atoms in total. The molecule has 4 heteroatoms. The zero-order valence-electron chi connectivity index (χ0n) is 14.5. The Morgan fingerprint density at radius 3 is 1.00 bits per heavy atom. The molecule has 0 aliphatic heterocycles. The lowest BCUT2D eigenvalue weighted by molar-refractivity contribution is 0.567. The second-order valence-electron chi connectivity index (χ2n) is 7.84. The predicted molar refractivity (Wildman–Crippen MR) is 109 cm³/mol. The molecule has 4 aromatic carbocycles. The van der Waals surface area contributed by atoms with Crippen molar-refractivity contribution in [3.63, 3.8) is 0 Å². The summed E-state index contributed by atoms with van der Waals surface area (Å²) >= 11 is 0. The highest BCUT2D eigenvalue weighted by molar-refractivity contribution is 6.84. The molecule has 2 N–H and O–H groups in total. The zero-order chi connectivity index (χ0) is 17.3. The van der Waals surface area contributed by atoms with E-state index in [9.17, 15) is 9.59 Å². The van der Waals surface area contributed by atoms with Crippen molar-refractivity contribution in [1.82, 2.24) is 0 Å². The Morgan fingerprint density at radius 2 is 0.792 bits per heavy atom. The van der Waals surface area contributed by atoms with Crippen molar-refractivity contribution in [2.24, 2.45) is 0 Å². The summed E-state index contributed by atoms with van der Waals surface area (Å²) in [4.78, 5) is 21.0. The molecule has 0 aliphatic carbocycles. The van der Waals surface area contributed by atoms with Crippen molar-refractivity contribution in [2.75, 3.05) is 0 Å². The van der Waals surface area contributed by atoms with E-state index >= 15 is 0 Å². The van der Waals surface area contributed by atoms with Crippen LogP contribution in [0.1, 0.15) is 0 Å². The minimum absolute atomic E-state index is 1.07. The van der Waals surface area contributed by atoms with Crippen LogP contribution in [0.25, 0.3) is 32.3 Å². The first-order valence-electron chi connectivity index (χ1n) is 8.33. The normalized spacial score (nSPS) is 13.4. The average Bonchev–Trinajstić information content (AvgIpc) is 2.50. The van der Waals surface area contributed by atoms with Crippen molar-refractivity contribution in [1.29, 1.82) is 0 Å². The molecule has 122 valence electrons. The third-order valence-corrected chi connectivity index (χ3v) is 8.35. The molecular formula is C20H22O2Si2. The van der Waals surface area contributed by atoms with Crippen LogP contribution < -0.4 is 10.4 Å². The molecule has 0 atom stereocenters. The average molecular weight is 351 g/mol. The number of benzene rings is 4. The highest BCUT2D eigenvalue weighted by Crippen LogP contribution is 2.34. The largest absolute Gasteiger partial charge is 0.428 e. The van der Waals surface area contributed by atoms with E-state index in [1.165, 1.54) is 32.3 Å². The fraction of sp³-hybridized carbons (Fsp3) is 0.200. The summed E-state index contributed by atoms with van der Waals surface area (Å²) in [6, 6.07) is 17.1. The summed E-state index contributed by atoms with van der Waals surface area (Å²) in [5.74, 6) is 0. The van der Waals surface area contributed by atoms with Gasteiger partial charge in [-0.3, -0.25) is 0 Å². The number of hydrogen-bond donors (Lipinski definition) is 2. The van der Waals surface area contributed by atoms with E-state index in [4.69, 9.17) is 0 Å². The van der Waals surface area contributed by atoms with Gasteiger partial charge >= 0.3 is 0 Å². The first kappa shape index (κ1) is 15.8. The van der Waals surface area contributed by atoms with Crippen LogP contribution in [0.2, 0.25) is 26.2 Å². The maximum Gasteiger partial charge on any atom is 0.214 e. The maximum atomic E-state index is 10.5. The molecule has 0 amide bonds. The van der Waals surface area contributed by atoms with Crippen LogP contribution in [0, 0.1) is 0 Å². The van der Waals surface area contributed by atoms with Gasteiger partial charge < -0.3 is 9.59 Å². The van der Waals surface area contributed by atoms with Gasteiger partial charge in [0.05, 0.1) is 0 Å². The summed E-state index contributed by atoms with van der Waals surface area (Å²) in [6.45, 7) is 7.83. The van der Waals surface area contributed by atoms with Crippen LogP contribution in [0.5, 0.6) is 0 Å². The molecule has 0 fully saturated rings. The first-order valence-corrected chi connectivity index (χ1v) is 14.2. The molecule has 0 spiro atoms. The lowest BCUT2D eigenvalue weighted by Gasteiger charge is -2.20. The predicted octanol–water partition coefficient (Wildman–Crippen LogP) is 3.39. The Balaban J connectivity index is 2.14. The van der Waals surface area contributed by atoms with E-state index in [1.54, 1.807) is 0 Å². The van der Waals surface area contributed by atoms with Crippen molar-refractivity contribution in [3.8, 4) is 0 Å². The summed E-state index contributed by atoms with van der Waals surface area (Å²) in [5, 5.41) is 9.39. The Kier molecular flexibility index (Phi) is 3.22. The van der Waals surface area contributed by atoms with Gasteiger partial charge in [-0.15, -0.1) is 0 Å². The molecule has 4 aromatic rings. The quantitative estimate of drug-likeness (QED) is 0.430. The van der Waals surface area contributed by atoms with E-state index in [1.807, 2.05) is 26.2 Å². The molecule has 0 unspecified atom stereocenters. The minimum Gasteiger partial charge on any atom is -0.428 e. The van der Waals surface area contributed by atoms with Crippen molar-refractivity contribution in [3.05, 3.63) is 48.5 Å². The number of hydrogen-bond acceptors (Lipinski definition) is 2. The molecule has 0 saturated heterocycles. The van der Waals surface area contributed by atoms with Gasteiger partial charge in [-0.2, -0.15) is 0 Å². The summed E-state index contributed by atoms with van der Waals surface area (Å²) in [7, 11) is -4.68. The van der Waals surface area contributed by atoms with Gasteiger partial charge in [0.15, 0.2) is 0 Å². The van der Waals surface area contributed by atoms with Gasteiger partial charge in [-0.1, -0.05) is 48.5 Å². The van der Waals surface area contributed by atoms with E-state index in [0.717, 1.165) is 10.4 Å². The second-order valence-corrected chi connectivity index (χ2v) is 15.2. The molecule has 0 aliphatic rings. The van der Waals surface area contributed by atoms with E-state index in [0.29, 0.717) is 0 Å². The van der Waals surface area contributed by atoms with Crippen LogP contribution in [0.15, 0.2) is 48.5 Å². The highest BCUT2D eigenvalue weighted by Gasteiger charge is 2.24. The molecule has 4 rings (SSSR count). The maximum absolute atomic E-state index is 10.5. The third-order valence-electron chi connectivity index (χ3n) is 4.95. The molecule has 0 aromatic heterocycles. The van der Waals surface area contributed by atoms with Gasteiger partial charge in [0.2, 0.25) is 16.6 Å². The van der Waals surface area contributed by atoms with Crippen LogP contribution in [0.3, 0.4) is 0 Å². The molecular weight excluding hydrogens is 328 g/mol. The van der Waals surface area contributed by atoms with E-state index < -0.39 is 16.6 Å². The summed E-state index contributed by atoms with van der Waals surface area (Å²) in [6.07, 6.45) is 0. The van der Waals surface area contributed by atoms with Crippen LogP contribution in [-0.4, -0.2) is 26.2 Å². The van der Waals surface area contributed by atoms with Gasteiger partial charge in [-0.05, 0) is 68.9 Å². The lowest BCUT2D eigenvalue weighted by Crippen LogP contribution is -2.41. The smallest absolute Gasteiger partial charge is 0.214 e. The topological polar surface area (TPSA) is 40.5 Å². The standard InChI is InChI=1S/C20H22O2Si2/c1-23(2,21)17-9-13-5-7-15-11-18(24(3,4)22)12-16-8-6-14(10-17)19(13)20(15)16/h5-12,21-22H,1-4H3. The third kappa shape index (κ3) is 2.38. The van der Waals surface area contributed by atoms with E-state index in [-0.39, 0.29) is 0 Å². The van der Waals surface area contributed by atoms with Crippen molar-refractivity contribution in [2.45, 2.75) is 26.2 Å². The second kappa shape index (κ2) is 4.89. The Bertz CT molecular complexity index is 919. The zero-order valence-corrected chi connectivity index (χ0v) is 16.5.